The maximum atomic E-state index is 6.25. The average molecular weight is 286 g/mol. The minimum Gasteiger partial charge on any atom is -0.295 e. The quantitative estimate of drug-likeness (QED) is 0.708. The van der Waals surface area contributed by atoms with Crippen molar-refractivity contribution in [2.45, 2.75) is 44.7 Å². The summed E-state index contributed by atoms with van der Waals surface area (Å²) in [5.74, 6) is 0.695. The van der Waals surface area contributed by atoms with E-state index in [0.29, 0.717) is 11.9 Å². The Morgan fingerprint density at radius 3 is 2.50 bits per heavy atom. The Bertz CT molecular complexity index is 361. The molecule has 1 aromatic carbocycles. The fourth-order valence-electron chi connectivity index (χ4n) is 2.79. The lowest BCUT2D eigenvalue weighted by Gasteiger charge is -2.34. The van der Waals surface area contributed by atoms with Crippen molar-refractivity contribution in [1.29, 1.82) is 0 Å². The van der Waals surface area contributed by atoms with Crippen LogP contribution in [0.5, 0.6) is 0 Å². The van der Waals surface area contributed by atoms with Gasteiger partial charge in [-0.2, -0.15) is 0 Å². The van der Waals surface area contributed by atoms with Gasteiger partial charge in [0.1, 0.15) is 0 Å². The van der Waals surface area contributed by atoms with Crippen molar-refractivity contribution in [1.82, 2.24) is 4.90 Å². The van der Waals surface area contributed by atoms with Crippen LogP contribution in [0.25, 0.3) is 0 Å². The molecule has 18 heavy (non-hydrogen) atoms. The lowest BCUT2D eigenvalue weighted by Crippen LogP contribution is -2.37. The number of hydrogen-bond donors (Lipinski definition) is 0. The molecular weight excluding hydrogens is 265 g/mol. The lowest BCUT2D eigenvalue weighted by molar-refractivity contribution is 0.157. The maximum Gasteiger partial charge on any atom is 0.0451 e. The van der Waals surface area contributed by atoms with E-state index in [-0.39, 0.29) is 0 Å². The number of rotatable bonds is 5. The molecule has 0 radical (unpaired) electrons. The van der Waals surface area contributed by atoms with Gasteiger partial charge in [0.05, 0.1) is 0 Å². The molecule has 2 rings (SSSR count). The van der Waals surface area contributed by atoms with Crippen LogP contribution in [0, 0.1) is 0 Å². The largest absolute Gasteiger partial charge is 0.295 e. The molecule has 1 aliphatic carbocycles. The van der Waals surface area contributed by atoms with Crippen LogP contribution in [-0.4, -0.2) is 23.4 Å². The highest BCUT2D eigenvalue weighted by atomic mass is 35.5. The summed E-state index contributed by atoms with van der Waals surface area (Å²) < 4.78 is 0. The molecule has 1 nitrogen and oxygen atoms in total. The number of benzene rings is 1. The Hall–Kier alpha value is -0.240. The molecule has 0 spiro atoms. The van der Waals surface area contributed by atoms with Crippen LogP contribution in [0.3, 0.4) is 0 Å². The second-order valence-corrected chi connectivity index (χ2v) is 5.83. The zero-order chi connectivity index (χ0) is 12.8. The van der Waals surface area contributed by atoms with Crippen LogP contribution in [0.1, 0.15) is 37.7 Å². The molecule has 1 saturated carbocycles. The van der Waals surface area contributed by atoms with Crippen molar-refractivity contribution >= 4 is 23.2 Å². The first-order valence-electron chi connectivity index (χ1n) is 6.84. The van der Waals surface area contributed by atoms with Crippen LogP contribution < -0.4 is 0 Å². The smallest absolute Gasteiger partial charge is 0.0451 e. The van der Waals surface area contributed by atoms with Gasteiger partial charge >= 0.3 is 0 Å². The molecule has 3 heteroatoms. The van der Waals surface area contributed by atoms with E-state index in [1.165, 1.54) is 37.7 Å². The fraction of sp³-hybridized carbons (Fsp3) is 0.600. The maximum absolute atomic E-state index is 6.25. The number of hydrogen-bond acceptors (Lipinski definition) is 1. The average Bonchev–Trinajstić information content (AvgIpc) is 2.42. The molecule has 0 aliphatic heterocycles. The molecule has 0 aromatic heterocycles. The molecule has 0 atom stereocenters. The Kier molecular flexibility index (Phi) is 5.81. The van der Waals surface area contributed by atoms with Crippen molar-refractivity contribution < 1.29 is 0 Å². The summed E-state index contributed by atoms with van der Waals surface area (Å²) >= 11 is 12.2. The molecule has 1 aromatic rings. The first kappa shape index (κ1) is 14.2. The highest BCUT2D eigenvalue weighted by molar-refractivity contribution is 6.31. The molecule has 0 bridgehead atoms. The van der Waals surface area contributed by atoms with Gasteiger partial charge in [-0.05, 0) is 24.5 Å². The normalized spacial score (nSPS) is 17.3. The molecule has 0 unspecified atom stereocenters. The molecule has 0 N–H and O–H groups in total. The van der Waals surface area contributed by atoms with Gasteiger partial charge in [-0.3, -0.25) is 4.90 Å². The van der Waals surface area contributed by atoms with Crippen LogP contribution in [-0.2, 0) is 6.54 Å². The highest BCUT2D eigenvalue weighted by Gasteiger charge is 2.21. The Morgan fingerprint density at radius 1 is 1.11 bits per heavy atom. The third-order valence-corrected chi connectivity index (χ3v) is 4.33. The SMILES string of the molecule is ClCCN(Cc1ccccc1Cl)C1CCCCC1. The molecular formula is C15H21Cl2N. The minimum atomic E-state index is 0.689. The van der Waals surface area contributed by atoms with Crippen LogP contribution >= 0.6 is 23.2 Å². The van der Waals surface area contributed by atoms with E-state index in [0.717, 1.165) is 18.1 Å². The van der Waals surface area contributed by atoms with Crippen molar-refractivity contribution in [3.05, 3.63) is 34.9 Å². The van der Waals surface area contributed by atoms with E-state index < -0.39 is 0 Å². The van der Waals surface area contributed by atoms with E-state index in [1.54, 1.807) is 0 Å². The van der Waals surface area contributed by atoms with Gasteiger partial charge in [-0.25, -0.2) is 0 Å². The lowest BCUT2D eigenvalue weighted by atomic mass is 9.94. The van der Waals surface area contributed by atoms with E-state index in [1.807, 2.05) is 12.1 Å². The van der Waals surface area contributed by atoms with Gasteiger partial charge in [0.25, 0.3) is 0 Å². The number of nitrogens with zero attached hydrogens (tertiary/aromatic N) is 1. The monoisotopic (exact) mass is 285 g/mol. The van der Waals surface area contributed by atoms with Gasteiger partial charge in [0.2, 0.25) is 0 Å². The fourth-order valence-corrected chi connectivity index (χ4v) is 3.20. The van der Waals surface area contributed by atoms with Crippen molar-refractivity contribution in [2.24, 2.45) is 0 Å². The molecule has 100 valence electrons. The molecule has 1 fully saturated rings. The third-order valence-electron chi connectivity index (χ3n) is 3.79. The standard InChI is InChI=1S/C15H21Cl2N/c16-10-11-18(14-7-2-1-3-8-14)12-13-6-4-5-9-15(13)17/h4-6,9,14H,1-3,7-8,10-12H2. The summed E-state index contributed by atoms with van der Waals surface area (Å²) in [4.78, 5) is 2.51. The van der Waals surface area contributed by atoms with Crippen molar-refractivity contribution in [2.75, 3.05) is 12.4 Å². The molecule has 1 aliphatic rings. The van der Waals surface area contributed by atoms with Crippen molar-refractivity contribution in [3.8, 4) is 0 Å². The summed E-state index contributed by atoms with van der Waals surface area (Å²) in [5, 5.41) is 0.868. The van der Waals surface area contributed by atoms with Gasteiger partial charge < -0.3 is 0 Å². The Balaban J connectivity index is 2.03. The molecule has 0 amide bonds. The number of alkyl halides is 1. The zero-order valence-electron chi connectivity index (χ0n) is 10.7. The van der Waals surface area contributed by atoms with E-state index in [4.69, 9.17) is 23.2 Å². The second-order valence-electron chi connectivity index (χ2n) is 5.04. The summed E-state index contributed by atoms with van der Waals surface area (Å²) in [6.45, 7) is 1.88. The zero-order valence-corrected chi connectivity index (χ0v) is 12.3. The highest BCUT2D eigenvalue weighted by Crippen LogP contribution is 2.25. The van der Waals surface area contributed by atoms with Gasteiger partial charge in [-0.15, -0.1) is 11.6 Å². The minimum absolute atomic E-state index is 0.689. The summed E-state index contributed by atoms with van der Waals surface area (Å²) in [6, 6.07) is 8.82. The van der Waals surface area contributed by atoms with Crippen LogP contribution in [0.15, 0.2) is 24.3 Å². The van der Waals surface area contributed by atoms with Gasteiger partial charge in [-0.1, -0.05) is 49.1 Å². The van der Waals surface area contributed by atoms with E-state index >= 15 is 0 Å². The second kappa shape index (κ2) is 7.37. The Morgan fingerprint density at radius 2 is 1.83 bits per heavy atom. The first-order chi connectivity index (χ1) is 8.81. The van der Waals surface area contributed by atoms with Crippen LogP contribution in [0.2, 0.25) is 5.02 Å². The van der Waals surface area contributed by atoms with Crippen LogP contribution in [0.4, 0.5) is 0 Å². The van der Waals surface area contributed by atoms with Gasteiger partial charge in [0.15, 0.2) is 0 Å². The number of halogens is 2. The predicted octanol–water partition coefficient (Wildman–Crippen LogP) is 4.71. The Labute approximate surface area is 120 Å². The predicted molar refractivity (Wildman–Crippen MR) is 79.5 cm³/mol. The summed E-state index contributed by atoms with van der Waals surface area (Å²) in [6.07, 6.45) is 6.71. The topological polar surface area (TPSA) is 3.24 Å². The first-order valence-corrected chi connectivity index (χ1v) is 7.76. The van der Waals surface area contributed by atoms with E-state index in [9.17, 15) is 0 Å². The summed E-state index contributed by atoms with van der Waals surface area (Å²) in [7, 11) is 0. The van der Waals surface area contributed by atoms with Crippen molar-refractivity contribution in [3.63, 3.8) is 0 Å². The molecule has 0 heterocycles. The van der Waals surface area contributed by atoms with Gasteiger partial charge in [0, 0.05) is 30.0 Å². The summed E-state index contributed by atoms with van der Waals surface area (Å²) in [5.41, 5.74) is 1.22. The third kappa shape index (κ3) is 3.88. The molecule has 0 saturated heterocycles. The van der Waals surface area contributed by atoms with E-state index in [2.05, 4.69) is 17.0 Å².